The largest absolute Gasteiger partial charge is 0.338 e. The van der Waals surface area contributed by atoms with Crippen molar-refractivity contribution in [2.45, 2.75) is 26.3 Å². The van der Waals surface area contributed by atoms with Crippen LogP contribution in [-0.2, 0) is 6.54 Å². The second-order valence-corrected chi connectivity index (χ2v) is 4.48. The highest BCUT2D eigenvalue weighted by atomic mass is 16.2. The zero-order valence-corrected chi connectivity index (χ0v) is 11.5. The lowest BCUT2D eigenvalue weighted by atomic mass is 10.2. The number of aromatic nitrogens is 3. The van der Waals surface area contributed by atoms with Gasteiger partial charge < -0.3 is 10.6 Å². The minimum absolute atomic E-state index is 0.176. The van der Waals surface area contributed by atoms with Gasteiger partial charge in [0.25, 0.3) is 0 Å². The predicted molar refractivity (Wildman–Crippen MR) is 77.5 cm³/mol. The number of benzene rings is 1. The normalized spacial score (nSPS) is 10.2. The van der Waals surface area contributed by atoms with Crippen LogP contribution >= 0.6 is 0 Å². The Hall–Kier alpha value is -2.37. The average molecular weight is 273 g/mol. The number of nitrogens with one attached hydrogen (secondary N) is 2. The molecule has 1 aromatic heterocycles. The molecule has 0 aliphatic carbocycles. The van der Waals surface area contributed by atoms with Crippen LogP contribution in [0.3, 0.4) is 0 Å². The number of para-hydroxylation sites is 1. The SMILES string of the molecule is CCCCNC(=O)Nc1ccccc1Cn1cncn1. The molecule has 6 nitrogen and oxygen atoms in total. The molecular formula is C14H19N5O. The minimum atomic E-state index is -0.176. The van der Waals surface area contributed by atoms with Crippen LogP contribution < -0.4 is 10.6 Å². The minimum Gasteiger partial charge on any atom is -0.338 e. The van der Waals surface area contributed by atoms with Gasteiger partial charge in [-0.15, -0.1) is 0 Å². The molecule has 2 N–H and O–H groups in total. The molecule has 0 spiro atoms. The molecule has 6 heteroatoms. The molecule has 0 saturated carbocycles. The van der Waals surface area contributed by atoms with Crippen molar-refractivity contribution in [3.63, 3.8) is 0 Å². The maximum absolute atomic E-state index is 11.8. The molecule has 2 aromatic rings. The molecule has 0 aliphatic rings. The third kappa shape index (κ3) is 4.08. The van der Waals surface area contributed by atoms with Crippen LogP contribution in [-0.4, -0.2) is 27.3 Å². The van der Waals surface area contributed by atoms with Gasteiger partial charge >= 0.3 is 6.03 Å². The lowest BCUT2D eigenvalue weighted by Gasteiger charge is -2.11. The standard InChI is InChI=1S/C14H19N5O/c1-2-3-8-16-14(20)18-13-7-5-4-6-12(13)9-19-11-15-10-17-19/h4-7,10-11H,2-3,8-9H2,1H3,(H2,16,18,20). The highest BCUT2D eigenvalue weighted by Gasteiger charge is 2.06. The summed E-state index contributed by atoms with van der Waals surface area (Å²) in [5, 5.41) is 9.77. The van der Waals surface area contributed by atoms with Crippen molar-refractivity contribution in [3.8, 4) is 0 Å². The van der Waals surface area contributed by atoms with Gasteiger partial charge in [-0.3, -0.25) is 0 Å². The number of amides is 2. The van der Waals surface area contributed by atoms with Crippen LogP contribution in [0.5, 0.6) is 0 Å². The molecule has 0 fully saturated rings. The maximum atomic E-state index is 11.8. The lowest BCUT2D eigenvalue weighted by Crippen LogP contribution is -2.29. The highest BCUT2D eigenvalue weighted by Crippen LogP contribution is 2.15. The summed E-state index contributed by atoms with van der Waals surface area (Å²) in [6.07, 6.45) is 5.18. The number of nitrogens with zero attached hydrogens (tertiary/aromatic N) is 3. The van der Waals surface area contributed by atoms with Gasteiger partial charge in [0.2, 0.25) is 0 Å². The summed E-state index contributed by atoms with van der Waals surface area (Å²) >= 11 is 0. The second kappa shape index (κ2) is 7.28. The van der Waals surface area contributed by atoms with Gasteiger partial charge in [0.1, 0.15) is 12.7 Å². The summed E-state index contributed by atoms with van der Waals surface area (Å²) in [7, 11) is 0. The number of anilines is 1. The Labute approximate surface area is 118 Å². The summed E-state index contributed by atoms with van der Waals surface area (Å²) in [5.74, 6) is 0. The van der Waals surface area contributed by atoms with E-state index in [9.17, 15) is 4.79 Å². The van der Waals surface area contributed by atoms with E-state index >= 15 is 0 Å². The van der Waals surface area contributed by atoms with E-state index in [4.69, 9.17) is 0 Å². The Morgan fingerprint density at radius 3 is 2.95 bits per heavy atom. The van der Waals surface area contributed by atoms with Gasteiger partial charge in [0.15, 0.2) is 0 Å². The molecule has 0 bridgehead atoms. The predicted octanol–water partition coefficient (Wildman–Crippen LogP) is 2.25. The molecule has 1 heterocycles. The topological polar surface area (TPSA) is 71.8 Å². The van der Waals surface area contributed by atoms with E-state index in [1.54, 1.807) is 11.0 Å². The molecule has 0 unspecified atom stereocenters. The molecule has 106 valence electrons. The first-order chi connectivity index (χ1) is 9.79. The number of hydrogen-bond donors (Lipinski definition) is 2. The van der Waals surface area contributed by atoms with Crippen molar-refractivity contribution < 1.29 is 4.79 Å². The van der Waals surface area contributed by atoms with Crippen molar-refractivity contribution in [1.29, 1.82) is 0 Å². The Morgan fingerprint density at radius 1 is 1.35 bits per heavy atom. The van der Waals surface area contributed by atoms with Gasteiger partial charge in [-0.2, -0.15) is 5.10 Å². The number of hydrogen-bond acceptors (Lipinski definition) is 3. The summed E-state index contributed by atoms with van der Waals surface area (Å²) in [5.41, 5.74) is 1.78. The van der Waals surface area contributed by atoms with Gasteiger partial charge in [-0.1, -0.05) is 31.5 Å². The summed E-state index contributed by atoms with van der Waals surface area (Å²) in [4.78, 5) is 15.7. The Morgan fingerprint density at radius 2 is 2.20 bits per heavy atom. The fourth-order valence-corrected chi connectivity index (χ4v) is 1.81. The Bertz CT molecular complexity index is 538. The molecule has 0 saturated heterocycles. The van der Waals surface area contributed by atoms with E-state index in [0.717, 1.165) is 24.1 Å². The van der Waals surface area contributed by atoms with E-state index in [2.05, 4.69) is 27.6 Å². The first-order valence-electron chi connectivity index (χ1n) is 6.74. The number of rotatable bonds is 6. The smallest absolute Gasteiger partial charge is 0.319 e. The van der Waals surface area contributed by atoms with Crippen LogP contribution in [0, 0.1) is 0 Å². The average Bonchev–Trinajstić information content (AvgIpc) is 2.94. The van der Waals surface area contributed by atoms with Crippen LogP contribution in [0.25, 0.3) is 0 Å². The van der Waals surface area contributed by atoms with E-state index in [1.807, 2.05) is 24.3 Å². The quantitative estimate of drug-likeness (QED) is 0.793. The summed E-state index contributed by atoms with van der Waals surface area (Å²) in [6.45, 7) is 3.35. The van der Waals surface area contributed by atoms with E-state index in [-0.39, 0.29) is 6.03 Å². The van der Waals surface area contributed by atoms with Crippen LogP contribution in [0.15, 0.2) is 36.9 Å². The third-order valence-corrected chi connectivity index (χ3v) is 2.88. The zero-order chi connectivity index (χ0) is 14.2. The lowest BCUT2D eigenvalue weighted by molar-refractivity contribution is 0.252. The molecule has 1 aromatic carbocycles. The van der Waals surface area contributed by atoms with E-state index in [0.29, 0.717) is 13.1 Å². The Balaban J connectivity index is 1.98. The fourth-order valence-electron chi connectivity index (χ4n) is 1.81. The van der Waals surface area contributed by atoms with Crippen molar-refractivity contribution in [2.24, 2.45) is 0 Å². The number of unbranched alkanes of at least 4 members (excludes halogenated alkanes) is 1. The third-order valence-electron chi connectivity index (χ3n) is 2.88. The van der Waals surface area contributed by atoms with Crippen molar-refractivity contribution in [2.75, 3.05) is 11.9 Å². The summed E-state index contributed by atoms with van der Waals surface area (Å²) in [6, 6.07) is 7.50. The maximum Gasteiger partial charge on any atom is 0.319 e. The van der Waals surface area contributed by atoms with E-state index < -0.39 is 0 Å². The number of carbonyl (C=O) groups is 1. The molecular weight excluding hydrogens is 254 g/mol. The van der Waals surface area contributed by atoms with Crippen LogP contribution in [0.2, 0.25) is 0 Å². The Kier molecular flexibility index (Phi) is 5.11. The van der Waals surface area contributed by atoms with Gasteiger partial charge in [-0.25, -0.2) is 14.5 Å². The molecule has 2 amide bonds. The van der Waals surface area contributed by atoms with E-state index in [1.165, 1.54) is 6.33 Å². The molecule has 0 atom stereocenters. The molecule has 0 radical (unpaired) electrons. The van der Waals surface area contributed by atoms with Crippen molar-refractivity contribution >= 4 is 11.7 Å². The van der Waals surface area contributed by atoms with Gasteiger partial charge in [-0.05, 0) is 18.1 Å². The van der Waals surface area contributed by atoms with Crippen molar-refractivity contribution in [3.05, 3.63) is 42.5 Å². The summed E-state index contributed by atoms with van der Waals surface area (Å²) < 4.78 is 1.72. The van der Waals surface area contributed by atoms with Crippen LogP contribution in [0.4, 0.5) is 10.5 Å². The first kappa shape index (κ1) is 14.0. The van der Waals surface area contributed by atoms with Crippen LogP contribution in [0.1, 0.15) is 25.3 Å². The van der Waals surface area contributed by atoms with Gasteiger partial charge in [0, 0.05) is 12.2 Å². The number of carbonyl (C=O) groups excluding carboxylic acids is 1. The molecule has 2 rings (SSSR count). The zero-order valence-electron chi connectivity index (χ0n) is 11.5. The number of urea groups is 1. The fraction of sp³-hybridized carbons (Fsp3) is 0.357. The first-order valence-corrected chi connectivity index (χ1v) is 6.74. The van der Waals surface area contributed by atoms with Crippen molar-refractivity contribution in [1.82, 2.24) is 20.1 Å². The second-order valence-electron chi connectivity index (χ2n) is 4.48. The van der Waals surface area contributed by atoms with Gasteiger partial charge in [0.05, 0.1) is 6.54 Å². The monoisotopic (exact) mass is 273 g/mol. The molecule has 20 heavy (non-hydrogen) atoms. The highest BCUT2D eigenvalue weighted by molar-refractivity contribution is 5.90. The molecule has 0 aliphatic heterocycles.